The van der Waals surface area contributed by atoms with E-state index in [9.17, 15) is 50.1 Å². The van der Waals surface area contributed by atoms with Gasteiger partial charge in [0.05, 0.1) is 0 Å². The molecule has 13 heteroatoms. The van der Waals surface area contributed by atoms with Crippen LogP contribution in [0.2, 0.25) is 0 Å². The standard InChI is InChI=1S/C36H42N2O10.Na/c1-13(2)23-19-9-15(5)25(31(41)27(19)21(29(39)33(23)43)11-37-17(7)35(45)46)26-16(6)10-20-24(14(3)4)34(44)30(40)22(28(20)32(26)42)12-38-18(8)36(47)48;/h9-14,17-18,23,33,37,40-44H,1-8H3,(H,45,46)(H,47,48);/q;+1/b21-11-,38-12?;. The summed E-state index contributed by atoms with van der Waals surface area (Å²) in [4.78, 5) is 40.6. The molecule has 0 saturated heterocycles. The maximum atomic E-state index is 13.6. The third-order valence-corrected chi connectivity index (χ3v) is 9.00. The largest absolute Gasteiger partial charge is 1.00 e. The third-order valence-electron chi connectivity index (χ3n) is 9.00. The van der Waals surface area contributed by atoms with Crippen LogP contribution in [0.3, 0.4) is 0 Å². The van der Waals surface area contributed by atoms with Crippen molar-refractivity contribution in [1.29, 1.82) is 0 Å². The molecule has 49 heavy (non-hydrogen) atoms. The number of phenolic OH excluding ortho intramolecular Hbond substituents is 4. The van der Waals surface area contributed by atoms with Crippen molar-refractivity contribution < 1.29 is 79.7 Å². The van der Waals surface area contributed by atoms with Gasteiger partial charge in [-0.15, -0.1) is 0 Å². The summed E-state index contributed by atoms with van der Waals surface area (Å²) in [6, 6.07) is 1.08. The average Bonchev–Trinajstić information content (AvgIpc) is 2.98. The Hall–Kier alpha value is -4.10. The molecule has 3 aromatic carbocycles. The summed E-state index contributed by atoms with van der Waals surface area (Å²) >= 11 is 0. The maximum Gasteiger partial charge on any atom is 1.00 e. The van der Waals surface area contributed by atoms with Crippen LogP contribution in [-0.2, 0) is 14.4 Å². The number of ketones is 1. The molecule has 0 heterocycles. The molecule has 1 aliphatic rings. The number of aliphatic carboxylic acids is 2. The predicted molar refractivity (Wildman–Crippen MR) is 181 cm³/mol. The fourth-order valence-electron chi connectivity index (χ4n) is 6.51. The van der Waals surface area contributed by atoms with E-state index in [1.54, 1.807) is 39.8 Å². The summed E-state index contributed by atoms with van der Waals surface area (Å²) < 4.78 is 0. The van der Waals surface area contributed by atoms with Crippen molar-refractivity contribution >= 4 is 40.3 Å². The van der Waals surface area contributed by atoms with Crippen LogP contribution >= 0.6 is 0 Å². The van der Waals surface area contributed by atoms with Gasteiger partial charge in [-0.2, -0.15) is 0 Å². The average molecular weight is 686 g/mol. The molecule has 0 saturated carbocycles. The molecule has 4 rings (SSSR count). The minimum Gasteiger partial charge on any atom is -0.507 e. The van der Waals surface area contributed by atoms with Crippen molar-refractivity contribution in [2.75, 3.05) is 0 Å². The number of nitrogens with one attached hydrogen (secondary N) is 1. The van der Waals surface area contributed by atoms with Gasteiger partial charge in [-0.1, -0.05) is 39.8 Å². The van der Waals surface area contributed by atoms with E-state index in [1.807, 2.05) is 13.8 Å². The zero-order valence-electron chi connectivity index (χ0n) is 29.1. The van der Waals surface area contributed by atoms with Crippen LogP contribution in [0, 0.1) is 19.8 Å². The first-order valence-corrected chi connectivity index (χ1v) is 15.6. The van der Waals surface area contributed by atoms with E-state index >= 15 is 0 Å². The molecule has 1 aliphatic carbocycles. The van der Waals surface area contributed by atoms with E-state index in [4.69, 9.17) is 0 Å². The molecule has 0 bridgehead atoms. The summed E-state index contributed by atoms with van der Waals surface area (Å²) in [5.74, 6) is -6.29. The molecule has 4 atom stereocenters. The van der Waals surface area contributed by atoms with E-state index in [0.29, 0.717) is 27.6 Å². The Bertz CT molecular complexity index is 1910. The molecule has 12 nitrogen and oxygen atoms in total. The van der Waals surface area contributed by atoms with Gasteiger partial charge in [0.15, 0.2) is 17.3 Å². The fourth-order valence-corrected chi connectivity index (χ4v) is 6.51. The molecule has 0 amide bonds. The Morgan fingerprint density at radius 1 is 0.837 bits per heavy atom. The van der Waals surface area contributed by atoms with Crippen LogP contribution in [0.15, 0.2) is 23.3 Å². The molecule has 0 aromatic heterocycles. The first-order valence-electron chi connectivity index (χ1n) is 15.6. The molecule has 256 valence electrons. The Balaban J connectivity index is 0.00000650. The second-order valence-electron chi connectivity index (χ2n) is 13.1. The Morgan fingerprint density at radius 3 is 1.94 bits per heavy atom. The van der Waals surface area contributed by atoms with Gasteiger partial charge in [0.2, 0.25) is 0 Å². The van der Waals surface area contributed by atoms with E-state index in [0.717, 1.165) is 6.21 Å². The Morgan fingerprint density at radius 2 is 1.41 bits per heavy atom. The van der Waals surface area contributed by atoms with Gasteiger partial charge >= 0.3 is 41.5 Å². The zero-order chi connectivity index (χ0) is 36.1. The van der Waals surface area contributed by atoms with Crippen molar-refractivity contribution in [3.8, 4) is 34.1 Å². The normalized spacial score (nSPS) is 18.2. The molecule has 8 N–H and O–H groups in total. The third kappa shape index (κ3) is 6.87. The monoisotopic (exact) mass is 685 g/mol. The van der Waals surface area contributed by atoms with Crippen LogP contribution < -0.4 is 34.9 Å². The quantitative estimate of drug-likeness (QED) is 0.0706. The number of carbonyl (C=O) groups excluding carboxylic acids is 1. The number of carbonyl (C=O) groups is 3. The van der Waals surface area contributed by atoms with Crippen LogP contribution in [0.25, 0.3) is 27.5 Å². The van der Waals surface area contributed by atoms with E-state index in [2.05, 4.69) is 10.3 Å². The molecular formula is C36H42N2NaO10+. The number of nitrogens with zero attached hydrogens (tertiary/aromatic N) is 1. The summed E-state index contributed by atoms with van der Waals surface area (Å²) in [6.07, 6.45) is 0.771. The van der Waals surface area contributed by atoms with Crippen molar-refractivity contribution in [2.24, 2.45) is 10.9 Å². The molecule has 0 aliphatic heterocycles. The second-order valence-corrected chi connectivity index (χ2v) is 13.1. The van der Waals surface area contributed by atoms with Crippen LogP contribution in [0.5, 0.6) is 23.0 Å². The van der Waals surface area contributed by atoms with Crippen LogP contribution in [0.1, 0.15) is 86.8 Å². The number of aliphatic imine (C=N–C) groups is 1. The zero-order valence-corrected chi connectivity index (χ0v) is 31.1. The Kier molecular flexibility index (Phi) is 11.9. The van der Waals surface area contributed by atoms with Gasteiger partial charge in [0.1, 0.15) is 29.7 Å². The minimum atomic E-state index is -1.47. The number of rotatable bonds is 9. The van der Waals surface area contributed by atoms with E-state index in [-0.39, 0.29) is 74.6 Å². The number of carboxylic acids is 2. The number of fused-ring (bicyclic) bond motifs is 2. The minimum absolute atomic E-state index is 0. The maximum absolute atomic E-state index is 13.6. The van der Waals surface area contributed by atoms with Crippen LogP contribution in [-0.4, -0.2) is 77.9 Å². The molecule has 0 spiro atoms. The van der Waals surface area contributed by atoms with Gasteiger partial charge in [0, 0.05) is 57.1 Å². The Labute approximate surface area is 306 Å². The molecule has 4 unspecified atom stereocenters. The van der Waals surface area contributed by atoms with Crippen molar-refractivity contribution in [1.82, 2.24) is 5.32 Å². The molecule has 0 fully saturated rings. The molecule has 0 radical (unpaired) electrons. The summed E-state index contributed by atoms with van der Waals surface area (Å²) in [6.45, 7) is 13.3. The number of aliphatic hydroxyl groups excluding tert-OH is 1. The van der Waals surface area contributed by atoms with Crippen LogP contribution in [0.4, 0.5) is 0 Å². The predicted octanol–water partition coefficient (Wildman–Crippen LogP) is 2.05. The topological polar surface area (TPSA) is 217 Å². The summed E-state index contributed by atoms with van der Waals surface area (Å²) in [7, 11) is 0. The number of aromatic hydroxyl groups is 4. The second kappa shape index (κ2) is 14.8. The number of hydrogen-bond donors (Lipinski definition) is 8. The van der Waals surface area contributed by atoms with Gasteiger partial charge in [0.25, 0.3) is 0 Å². The number of aliphatic hydroxyl groups is 1. The van der Waals surface area contributed by atoms with Crippen molar-refractivity contribution in [2.45, 2.75) is 85.4 Å². The number of aryl methyl sites for hydroxylation is 2. The van der Waals surface area contributed by atoms with E-state index < -0.39 is 64.8 Å². The number of benzene rings is 3. The van der Waals surface area contributed by atoms with Gasteiger partial charge in [-0.25, -0.2) is 4.79 Å². The number of carboxylic acid groups (broad SMARTS) is 2. The van der Waals surface area contributed by atoms with Crippen molar-refractivity contribution in [3.05, 3.63) is 51.7 Å². The SMILES string of the molecule is Cc1cc2c(c(O)c1-c1c(C)cc3c(C(C)C)c(O)c(O)c(C=NC(C)C(=O)O)c3c1O)/C(=C/NC(C)C(=O)O)C(=O)C(O)C2C(C)C.[Na+]. The summed E-state index contributed by atoms with van der Waals surface area (Å²) in [5, 5.41) is 79.3. The molecule has 3 aromatic rings. The van der Waals surface area contributed by atoms with Gasteiger partial charge in [-0.05, 0) is 61.6 Å². The van der Waals surface area contributed by atoms with Crippen molar-refractivity contribution in [3.63, 3.8) is 0 Å². The number of Topliss-reactive ketones (excluding diaryl/α,β-unsaturated/α-hetero) is 1. The number of phenols is 4. The van der Waals surface area contributed by atoms with E-state index in [1.165, 1.54) is 20.0 Å². The van der Waals surface area contributed by atoms with Gasteiger partial charge in [-0.3, -0.25) is 14.6 Å². The summed E-state index contributed by atoms with van der Waals surface area (Å²) in [5.41, 5.74) is 1.78. The first-order chi connectivity index (χ1) is 22.3. The fraction of sp³-hybridized carbons (Fsp3) is 0.389. The first kappa shape index (κ1) is 39.3. The smallest absolute Gasteiger partial charge is 0.507 e. The number of hydrogen-bond acceptors (Lipinski definition) is 10. The van der Waals surface area contributed by atoms with Gasteiger partial charge < -0.3 is 41.1 Å². The molecular weight excluding hydrogens is 643 g/mol.